The SMILES string of the molecule is CCc1ccc(CN(CC)c2ccc(C(=O)O)cc2N)s1. The molecule has 0 aliphatic carbocycles. The monoisotopic (exact) mass is 304 g/mol. The Balaban J connectivity index is 2.22. The molecule has 0 aliphatic heterocycles. The minimum atomic E-state index is -0.956. The minimum absolute atomic E-state index is 0.219. The predicted octanol–water partition coefficient (Wildman–Crippen LogP) is 3.62. The Kier molecular flexibility index (Phi) is 4.85. The van der Waals surface area contributed by atoms with Crippen molar-refractivity contribution >= 4 is 28.7 Å². The second kappa shape index (κ2) is 6.63. The molecular formula is C16H20N2O2S. The van der Waals surface area contributed by atoms with Crippen LogP contribution < -0.4 is 10.6 Å². The molecular weight excluding hydrogens is 284 g/mol. The summed E-state index contributed by atoms with van der Waals surface area (Å²) in [5, 5.41) is 8.99. The van der Waals surface area contributed by atoms with Gasteiger partial charge in [-0.15, -0.1) is 11.3 Å². The van der Waals surface area contributed by atoms with Crippen LogP contribution in [0.2, 0.25) is 0 Å². The summed E-state index contributed by atoms with van der Waals surface area (Å²) in [6.45, 7) is 5.82. The molecule has 4 nitrogen and oxygen atoms in total. The molecule has 2 aromatic rings. The van der Waals surface area contributed by atoms with Crippen LogP contribution in [0.1, 0.15) is 34.0 Å². The van der Waals surface area contributed by atoms with E-state index in [4.69, 9.17) is 10.8 Å². The average molecular weight is 304 g/mol. The van der Waals surface area contributed by atoms with Crippen molar-refractivity contribution in [3.05, 3.63) is 45.6 Å². The van der Waals surface area contributed by atoms with Gasteiger partial charge in [0, 0.05) is 16.3 Å². The Morgan fingerprint density at radius 1 is 1.24 bits per heavy atom. The summed E-state index contributed by atoms with van der Waals surface area (Å²) in [4.78, 5) is 15.8. The Hall–Kier alpha value is -2.01. The van der Waals surface area contributed by atoms with Crippen LogP contribution in [-0.2, 0) is 13.0 Å². The fraction of sp³-hybridized carbons (Fsp3) is 0.312. The fourth-order valence-electron chi connectivity index (χ4n) is 2.23. The molecule has 0 fully saturated rings. The standard InChI is InChI=1S/C16H20N2O2S/c1-3-12-6-7-13(21-12)10-18(4-2)15-8-5-11(16(19)20)9-14(15)17/h5-9H,3-4,10,17H2,1-2H3,(H,19,20). The molecule has 0 radical (unpaired) electrons. The lowest BCUT2D eigenvalue weighted by atomic mass is 10.1. The first-order chi connectivity index (χ1) is 10.0. The van der Waals surface area contributed by atoms with Crippen LogP contribution in [0, 0.1) is 0 Å². The largest absolute Gasteiger partial charge is 0.478 e. The highest BCUT2D eigenvalue weighted by atomic mass is 32.1. The first-order valence-corrected chi connectivity index (χ1v) is 7.82. The molecule has 1 heterocycles. The van der Waals surface area contributed by atoms with Crippen molar-refractivity contribution in [2.24, 2.45) is 0 Å². The third kappa shape index (κ3) is 3.55. The van der Waals surface area contributed by atoms with Gasteiger partial charge in [0.1, 0.15) is 0 Å². The predicted molar refractivity (Wildman–Crippen MR) is 88.2 cm³/mol. The first-order valence-electron chi connectivity index (χ1n) is 7.00. The van der Waals surface area contributed by atoms with Gasteiger partial charge >= 0.3 is 5.97 Å². The van der Waals surface area contributed by atoms with Crippen molar-refractivity contribution in [3.8, 4) is 0 Å². The van der Waals surface area contributed by atoms with Crippen molar-refractivity contribution in [2.45, 2.75) is 26.8 Å². The number of carbonyl (C=O) groups is 1. The molecule has 0 unspecified atom stereocenters. The van der Waals surface area contributed by atoms with Crippen molar-refractivity contribution in [2.75, 3.05) is 17.2 Å². The van der Waals surface area contributed by atoms with Gasteiger partial charge in [-0.25, -0.2) is 4.79 Å². The van der Waals surface area contributed by atoms with Gasteiger partial charge in [-0.3, -0.25) is 0 Å². The van der Waals surface area contributed by atoms with Crippen LogP contribution in [-0.4, -0.2) is 17.6 Å². The summed E-state index contributed by atoms with van der Waals surface area (Å²) >= 11 is 1.81. The average Bonchev–Trinajstić information content (AvgIpc) is 2.92. The lowest BCUT2D eigenvalue weighted by molar-refractivity contribution is 0.0697. The van der Waals surface area contributed by atoms with Crippen LogP contribution in [0.15, 0.2) is 30.3 Å². The van der Waals surface area contributed by atoms with Crippen molar-refractivity contribution in [3.63, 3.8) is 0 Å². The number of hydrogen-bond acceptors (Lipinski definition) is 4. The highest BCUT2D eigenvalue weighted by Crippen LogP contribution is 2.27. The Bertz CT molecular complexity index is 637. The number of hydrogen-bond donors (Lipinski definition) is 2. The number of nitrogens with zero attached hydrogens (tertiary/aromatic N) is 1. The first kappa shape index (κ1) is 15.4. The smallest absolute Gasteiger partial charge is 0.335 e. The van der Waals surface area contributed by atoms with Crippen LogP contribution in [0.25, 0.3) is 0 Å². The highest BCUT2D eigenvalue weighted by molar-refractivity contribution is 7.12. The number of nitrogen functional groups attached to an aromatic ring is 1. The van der Waals surface area contributed by atoms with E-state index in [1.54, 1.807) is 12.1 Å². The zero-order valence-electron chi connectivity index (χ0n) is 12.3. The zero-order valence-corrected chi connectivity index (χ0v) is 13.1. The van der Waals surface area contributed by atoms with E-state index in [0.717, 1.165) is 25.2 Å². The molecule has 1 aromatic heterocycles. The summed E-state index contributed by atoms with van der Waals surface area (Å²) in [7, 11) is 0. The minimum Gasteiger partial charge on any atom is -0.478 e. The maximum absolute atomic E-state index is 11.0. The third-order valence-electron chi connectivity index (χ3n) is 3.41. The molecule has 112 valence electrons. The molecule has 0 saturated carbocycles. The maximum atomic E-state index is 11.0. The number of benzene rings is 1. The molecule has 1 aromatic carbocycles. The Morgan fingerprint density at radius 3 is 2.48 bits per heavy atom. The van der Waals surface area contributed by atoms with E-state index in [9.17, 15) is 4.79 Å². The topological polar surface area (TPSA) is 66.6 Å². The van der Waals surface area contributed by atoms with Gasteiger partial charge in [0.05, 0.1) is 23.5 Å². The lowest BCUT2D eigenvalue weighted by Crippen LogP contribution is -2.22. The van der Waals surface area contributed by atoms with Gasteiger partial charge in [-0.05, 0) is 43.7 Å². The van der Waals surface area contributed by atoms with Gasteiger partial charge in [-0.2, -0.15) is 0 Å². The van der Waals surface area contributed by atoms with Crippen LogP contribution in [0.4, 0.5) is 11.4 Å². The number of nitrogens with two attached hydrogens (primary N) is 1. The zero-order chi connectivity index (χ0) is 15.4. The van der Waals surface area contributed by atoms with E-state index in [1.807, 2.05) is 11.3 Å². The van der Waals surface area contributed by atoms with Crippen molar-refractivity contribution in [1.29, 1.82) is 0 Å². The molecule has 0 saturated heterocycles. The summed E-state index contributed by atoms with van der Waals surface area (Å²) < 4.78 is 0. The molecule has 0 atom stereocenters. The van der Waals surface area contributed by atoms with Gasteiger partial charge < -0.3 is 15.7 Å². The number of aryl methyl sites for hydroxylation is 1. The molecule has 0 aliphatic rings. The van der Waals surface area contributed by atoms with Gasteiger partial charge in [0.15, 0.2) is 0 Å². The van der Waals surface area contributed by atoms with E-state index in [2.05, 4.69) is 30.9 Å². The normalized spacial score (nSPS) is 10.6. The molecule has 0 amide bonds. The van der Waals surface area contributed by atoms with E-state index in [-0.39, 0.29) is 5.56 Å². The van der Waals surface area contributed by atoms with Crippen LogP contribution in [0.3, 0.4) is 0 Å². The Labute approximate surface area is 128 Å². The Morgan fingerprint density at radius 2 is 1.95 bits per heavy atom. The molecule has 2 rings (SSSR count). The maximum Gasteiger partial charge on any atom is 0.335 e. The van der Waals surface area contributed by atoms with E-state index >= 15 is 0 Å². The summed E-state index contributed by atoms with van der Waals surface area (Å²) in [5.41, 5.74) is 7.63. The molecule has 0 bridgehead atoms. The summed E-state index contributed by atoms with van der Waals surface area (Å²) in [6, 6.07) is 9.21. The summed E-state index contributed by atoms with van der Waals surface area (Å²) in [6.07, 6.45) is 1.05. The van der Waals surface area contributed by atoms with Crippen LogP contribution >= 0.6 is 11.3 Å². The molecule has 21 heavy (non-hydrogen) atoms. The van der Waals surface area contributed by atoms with Crippen molar-refractivity contribution < 1.29 is 9.90 Å². The molecule has 0 spiro atoms. The van der Waals surface area contributed by atoms with Gasteiger partial charge in [0.25, 0.3) is 0 Å². The van der Waals surface area contributed by atoms with E-state index in [0.29, 0.717) is 5.69 Å². The van der Waals surface area contributed by atoms with Gasteiger partial charge in [-0.1, -0.05) is 6.92 Å². The number of aromatic carboxylic acids is 1. The second-order valence-corrected chi connectivity index (χ2v) is 6.07. The van der Waals surface area contributed by atoms with E-state index < -0.39 is 5.97 Å². The number of rotatable bonds is 6. The third-order valence-corrected chi connectivity index (χ3v) is 4.62. The number of thiophene rings is 1. The van der Waals surface area contributed by atoms with Crippen LogP contribution in [0.5, 0.6) is 0 Å². The second-order valence-electron chi connectivity index (χ2n) is 4.81. The quantitative estimate of drug-likeness (QED) is 0.800. The summed E-state index contributed by atoms with van der Waals surface area (Å²) in [5.74, 6) is -0.956. The molecule has 5 heteroatoms. The van der Waals surface area contributed by atoms with E-state index in [1.165, 1.54) is 15.8 Å². The van der Waals surface area contributed by atoms with Gasteiger partial charge in [0.2, 0.25) is 0 Å². The van der Waals surface area contributed by atoms with Crippen molar-refractivity contribution in [1.82, 2.24) is 0 Å². The number of carboxylic acids is 1. The number of anilines is 2. The highest BCUT2D eigenvalue weighted by Gasteiger charge is 2.12. The number of carboxylic acid groups (broad SMARTS) is 1. The fourth-order valence-corrected chi connectivity index (χ4v) is 3.20. The lowest BCUT2D eigenvalue weighted by Gasteiger charge is -2.24. The molecule has 3 N–H and O–H groups in total.